The molecule has 0 aliphatic carbocycles. The molecule has 13 N–H and O–H groups in total. The van der Waals surface area contributed by atoms with E-state index in [0.717, 1.165) is 13.8 Å². The summed E-state index contributed by atoms with van der Waals surface area (Å²) in [6.07, 6.45) is -25.0. The molecule has 3 rings (SSSR count). The SMILES string of the molecule is CC(=O)N[C@H]1[C@H]([C@H](O)[C@H](O)CO)O[C@@](OC[C@@H]2O[C@@H](O[C@H]3[C@H](O)[C@H](CO)O[C@@H](O)[C@H]3NC(C)=O)[C@@H](O)[C@@H](O)[C@H]2O)(C(=O)O)C[C@H]1O. The Balaban J connectivity index is 1.85. The van der Waals surface area contributed by atoms with Crippen molar-refractivity contribution in [1.29, 1.82) is 0 Å². The van der Waals surface area contributed by atoms with Crippen molar-refractivity contribution in [3.05, 3.63) is 0 Å². The van der Waals surface area contributed by atoms with Gasteiger partial charge >= 0.3 is 5.97 Å². The standard InChI is InChI=1S/C25H42N2O19/c1-7(30)26-13-9(32)3-25(24(40)41,46-21(13)15(34)10(33)4-28)42-6-12-16(35)18(37)19(38)23(44-12)45-20-14(27-8(2)31)22(39)43-11(5-29)17(20)36/h9-23,28-29,32-39H,3-6H2,1-2H3,(H,26,30)(H,27,31)(H,40,41)/t9-,10-,11+,12+,13-,14+,15-,16+,17-,18+,19+,20-,21-,22-,23+,25-/m1/s1. The van der Waals surface area contributed by atoms with Crippen LogP contribution in [0.1, 0.15) is 20.3 Å². The van der Waals surface area contributed by atoms with E-state index in [1.54, 1.807) is 0 Å². The fourth-order valence-corrected chi connectivity index (χ4v) is 5.45. The van der Waals surface area contributed by atoms with Crippen LogP contribution in [0.25, 0.3) is 0 Å². The predicted octanol–water partition coefficient (Wildman–Crippen LogP) is -8.08. The zero-order valence-electron chi connectivity index (χ0n) is 24.7. The highest BCUT2D eigenvalue weighted by Gasteiger charge is 2.57. The molecule has 3 aliphatic heterocycles. The van der Waals surface area contributed by atoms with Crippen LogP contribution in [-0.4, -0.2) is 191 Å². The number of ether oxygens (including phenoxy) is 5. The minimum atomic E-state index is -2.85. The number of hydrogen-bond acceptors (Lipinski definition) is 18. The molecule has 0 unspecified atom stereocenters. The molecule has 0 aromatic carbocycles. The van der Waals surface area contributed by atoms with Crippen molar-refractivity contribution in [3.63, 3.8) is 0 Å². The van der Waals surface area contributed by atoms with E-state index >= 15 is 0 Å². The summed E-state index contributed by atoms with van der Waals surface area (Å²) in [7, 11) is 0. The zero-order valence-corrected chi connectivity index (χ0v) is 24.7. The van der Waals surface area contributed by atoms with E-state index in [-0.39, 0.29) is 0 Å². The van der Waals surface area contributed by atoms with Crippen LogP contribution in [0.4, 0.5) is 0 Å². The van der Waals surface area contributed by atoms with Gasteiger partial charge in [-0.15, -0.1) is 0 Å². The summed E-state index contributed by atoms with van der Waals surface area (Å²) in [5.74, 6) is -6.15. The fraction of sp³-hybridized carbons (Fsp3) is 0.880. The molecule has 0 radical (unpaired) electrons. The Hall–Kier alpha value is -2.19. The normalized spacial score (nSPS) is 42.9. The highest BCUT2D eigenvalue weighted by atomic mass is 16.8. The van der Waals surface area contributed by atoms with Crippen LogP contribution in [0.2, 0.25) is 0 Å². The van der Waals surface area contributed by atoms with E-state index in [9.17, 15) is 70.6 Å². The maximum absolute atomic E-state index is 12.4. The van der Waals surface area contributed by atoms with Gasteiger partial charge in [0.2, 0.25) is 11.8 Å². The van der Waals surface area contributed by atoms with Gasteiger partial charge in [0, 0.05) is 20.3 Å². The van der Waals surface area contributed by atoms with Crippen LogP contribution in [0, 0.1) is 0 Å². The number of aliphatic carboxylic acids is 1. The third-order valence-electron chi connectivity index (χ3n) is 7.87. The third-order valence-corrected chi connectivity index (χ3v) is 7.87. The number of nitrogens with one attached hydrogen (secondary N) is 2. The number of carboxylic acid groups (broad SMARTS) is 1. The number of amides is 2. The maximum atomic E-state index is 12.4. The first-order valence-electron chi connectivity index (χ1n) is 14.2. The molecule has 0 aromatic rings. The Morgan fingerprint density at radius 3 is 2.02 bits per heavy atom. The van der Waals surface area contributed by atoms with E-state index in [1.165, 1.54) is 0 Å². The molecule has 46 heavy (non-hydrogen) atoms. The number of aliphatic hydroxyl groups is 10. The van der Waals surface area contributed by atoms with Crippen molar-refractivity contribution in [2.24, 2.45) is 0 Å². The highest BCUT2D eigenvalue weighted by molar-refractivity contribution is 5.76. The maximum Gasteiger partial charge on any atom is 0.364 e. The number of carbonyl (C=O) groups excluding carboxylic acids is 2. The van der Waals surface area contributed by atoms with Crippen LogP contribution in [0.15, 0.2) is 0 Å². The Morgan fingerprint density at radius 1 is 0.870 bits per heavy atom. The fourth-order valence-electron chi connectivity index (χ4n) is 5.45. The third kappa shape index (κ3) is 8.26. The van der Waals surface area contributed by atoms with Gasteiger partial charge in [0.25, 0.3) is 5.79 Å². The molecule has 3 fully saturated rings. The molecule has 0 saturated carbocycles. The summed E-state index contributed by atoms with van der Waals surface area (Å²) in [6, 6.07) is -2.98. The number of aliphatic hydroxyl groups excluding tert-OH is 10. The molecule has 3 aliphatic rings. The first-order chi connectivity index (χ1) is 21.5. The summed E-state index contributed by atoms with van der Waals surface area (Å²) in [5.41, 5.74) is 0. The second-order valence-corrected chi connectivity index (χ2v) is 11.3. The molecule has 21 heteroatoms. The van der Waals surface area contributed by atoms with Crippen LogP contribution < -0.4 is 10.6 Å². The van der Waals surface area contributed by atoms with E-state index in [2.05, 4.69) is 10.6 Å². The van der Waals surface area contributed by atoms with Gasteiger partial charge in [-0.25, -0.2) is 4.79 Å². The Labute approximate surface area is 260 Å². The largest absolute Gasteiger partial charge is 0.477 e. The molecule has 16 atom stereocenters. The second kappa shape index (κ2) is 15.8. The van der Waals surface area contributed by atoms with Crippen LogP contribution in [-0.2, 0) is 38.1 Å². The minimum Gasteiger partial charge on any atom is -0.477 e. The average molecular weight is 675 g/mol. The molecule has 21 nitrogen and oxygen atoms in total. The highest BCUT2D eigenvalue weighted by Crippen LogP contribution is 2.35. The van der Waals surface area contributed by atoms with Crippen molar-refractivity contribution >= 4 is 17.8 Å². The topological polar surface area (TPSA) is 344 Å². The molecule has 3 heterocycles. The molecule has 3 saturated heterocycles. The van der Waals surface area contributed by atoms with Crippen LogP contribution in [0.3, 0.4) is 0 Å². The summed E-state index contributed by atoms with van der Waals surface area (Å²) in [4.78, 5) is 35.9. The number of carboxylic acids is 1. The zero-order chi connectivity index (χ0) is 34.7. The predicted molar refractivity (Wildman–Crippen MR) is 142 cm³/mol. The number of hydrogen-bond donors (Lipinski definition) is 13. The summed E-state index contributed by atoms with van der Waals surface area (Å²) >= 11 is 0. The number of rotatable bonds is 12. The molecule has 266 valence electrons. The van der Waals surface area contributed by atoms with Gasteiger partial charge in [-0.1, -0.05) is 0 Å². The lowest BCUT2D eigenvalue weighted by molar-refractivity contribution is -0.356. The van der Waals surface area contributed by atoms with Gasteiger partial charge in [-0.3, -0.25) is 9.59 Å². The Bertz CT molecular complexity index is 1050. The first-order valence-corrected chi connectivity index (χ1v) is 14.2. The van der Waals surface area contributed by atoms with Gasteiger partial charge in [0.05, 0.1) is 32.0 Å². The van der Waals surface area contributed by atoms with Crippen molar-refractivity contribution in [1.82, 2.24) is 10.6 Å². The van der Waals surface area contributed by atoms with E-state index < -0.39 is 142 Å². The molecular weight excluding hydrogens is 632 g/mol. The quantitative estimate of drug-likeness (QED) is 0.0913. The van der Waals surface area contributed by atoms with E-state index in [4.69, 9.17) is 23.7 Å². The number of carbonyl (C=O) groups is 3. The summed E-state index contributed by atoms with van der Waals surface area (Å²) in [5, 5.41) is 118. The lowest BCUT2D eigenvalue weighted by Gasteiger charge is -2.48. The van der Waals surface area contributed by atoms with Crippen molar-refractivity contribution in [2.45, 2.75) is 118 Å². The molecule has 2 amide bonds. The van der Waals surface area contributed by atoms with Crippen molar-refractivity contribution in [2.75, 3.05) is 19.8 Å². The van der Waals surface area contributed by atoms with Gasteiger partial charge in [0.1, 0.15) is 67.1 Å². The summed E-state index contributed by atoms with van der Waals surface area (Å²) in [6.45, 7) is -0.685. The van der Waals surface area contributed by atoms with Gasteiger partial charge in [-0.2, -0.15) is 0 Å². The Kier molecular flexibility index (Phi) is 13.1. The van der Waals surface area contributed by atoms with Crippen molar-refractivity contribution in [3.8, 4) is 0 Å². The molecule has 0 spiro atoms. The lowest BCUT2D eigenvalue weighted by Crippen LogP contribution is -2.69. The van der Waals surface area contributed by atoms with Crippen LogP contribution >= 0.6 is 0 Å². The van der Waals surface area contributed by atoms with Crippen LogP contribution in [0.5, 0.6) is 0 Å². The van der Waals surface area contributed by atoms with Crippen molar-refractivity contribution < 1.29 is 94.2 Å². The molecule has 0 aromatic heterocycles. The average Bonchev–Trinajstić information content (AvgIpc) is 2.99. The van der Waals surface area contributed by atoms with Gasteiger partial charge < -0.3 is 90.5 Å². The molecule has 0 bridgehead atoms. The molecular formula is C25H42N2O19. The smallest absolute Gasteiger partial charge is 0.364 e. The van der Waals surface area contributed by atoms with Gasteiger partial charge in [-0.05, 0) is 0 Å². The summed E-state index contributed by atoms with van der Waals surface area (Å²) < 4.78 is 27.2. The second-order valence-electron chi connectivity index (χ2n) is 11.3. The van der Waals surface area contributed by atoms with E-state index in [1.807, 2.05) is 0 Å². The first kappa shape index (κ1) is 38.3. The Morgan fingerprint density at radius 2 is 1.48 bits per heavy atom. The monoisotopic (exact) mass is 674 g/mol. The minimum absolute atomic E-state index is 0.702. The lowest BCUT2D eigenvalue weighted by atomic mass is 9.88. The van der Waals surface area contributed by atoms with Gasteiger partial charge in [0.15, 0.2) is 12.6 Å². The van der Waals surface area contributed by atoms with E-state index in [0.29, 0.717) is 0 Å².